The summed E-state index contributed by atoms with van der Waals surface area (Å²) in [5.74, 6) is 0. The van der Waals surface area contributed by atoms with Crippen LogP contribution in [0.5, 0.6) is 0 Å². The molecule has 0 aromatic rings. The Bertz CT molecular complexity index is 405. The van der Waals surface area contributed by atoms with E-state index in [4.69, 9.17) is 24.9 Å². The molecule has 0 heterocycles. The Balaban J connectivity index is 4.48. The van der Waals surface area contributed by atoms with Gasteiger partial charge in [-0.3, -0.25) is 4.52 Å². The molecule has 7 N–H and O–H groups in total. The fraction of sp³-hybridized carbons (Fsp3) is 0.833. The van der Waals surface area contributed by atoms with Crippen LogP contribution in [0.4, 0.5) is 0 Å². The van der Waals surface area contributed by atoms with Crippen LogP contribution in [0, 0.1) is 0 Å². The van der Waals surface area contributed by atoms with E-state index < -0.39 is 46.7 Å². The van der Waals surface area contributed by atoms with Crippen molar-refractivity contribution < 1.29 is 57.9 Å². The van der Waals surface area contributed by atoms with Gasteiger partial charge in [0.05, 0.1) is 6.61 Å². The van der Waals surface area contributed by atoms with Gasteiger partial charge in [0, 0.05) is 0 Å². The molecule has 14 heteroatoms. The number of aldehydes is 1. The number of rotatable bonds is 9. The molecule has 0 aromatic heterocycles. The van der Waals surface area contributed by atoms with Gasteiger partial charge in [-0.05, 0) is 0 Å². The summed E-state index contributed by atoms with van der Waals surface area (Å²) in [4.78, 5) is 35.5. The highest BCUT2D eigenvalue weighted by Gasteiger charge is 2.36. The first-order valence-corrected chi connectivity index (χ1v) is 7.84. The monoisotopic (exact) mass is 340 g/mol. The van der Waals surface area contributed by atoms with E-state index >= 15 is 0 Å². The quantitative estimate of drug-likeness (QED) is 0.164. The molecule has 1 unspecified atom stereocenters. The molecule has 0 fully saturated rings. The standard InChI is InChI=1S/C6H14O12P2/c7-1-3(8)5(10)6(11)4(9)2-17-20(15,16)18-19(12,13)14/h1,3-6,8-11H,2H2,(H,15,16)(H2,12,13,14)/t3-,4+,5+,6-/m0/s1. The zero-order valence-electron chi connectivity index (χ0n) is 9.66. The summed E-state index contributed by atoms with van der Waals surface area (Å²) in [5, 5.41) is 36.5. The lowest BCUT2D eigenvalue weighted by molar-refractivity contribution is -0.136. The van der Waals surface area contributed by atoms with Crippen molar-refractivity contribution in [2.45, 2.75) is 24.4 Å². The van der Waals surface area contributed by atoms with Crippen LogP contribution in [0.15, 0.2) is 0 Å². The van der Waals surface area contributed by atoms with Gasteiger partial charge in [-0.2, -0.15) is 4.31 Å². The van der Waals surface area contributed by atoms with Crippen molar-refractivity contribution in [1.82, 2.24) is 0 Å². The van der Waals surface area contributed by atoms with Crippen molar-refractivity contribution in [2.24, 2.45) is 0 Å². The molecule has 0 saturated carbocycles. The van der Waals surface area contributed by atoms with E-state index in [1.807, 2.05) is 0 Å². The molecule has 0 rings (SSSR count). The van der Waals surface area contributed by atoms with Gasteiger partial charge in [-0.25, -0.2) is 9.13 Å². The highest BCUT2D eigenvalue weighted by molar-refractivity contribution is 7.60. The number of phosphoric ester groups is 1. The molecule has 0 radical (unpaired) electrons. The summed E-state index contributed by atoms with van der Waals surface area (Å²) in [6.07, 6.45) is -8.44. The Morgan fingerprint density at radius 3 is 1.90 bits per heavy atom. The smallest absolute Gasteiger partial charge is 0.388 e. The minimum Gasteiger partial charge on any atom is -0.388 e. The van der Waals surface area contributed by atoms with E-state index in [2.05, 4.69) is 8.83 Å². The van der Waals surface area contributed by atoms with Crippen molar-refractivity contribution in [3.63, 3.8) is 0 Å². The number of carbonyl (C=O) groups is 1. The predicted molar refractivity (Wildman–Crippen MR) is 59.0 cm³/mol. The zero-order chi connectivity index (χ0) is 16.1. The van der Waals surface area contributed by atoms with Crippen molar-refractivity contribution in [3.05, 3.63) is 0 Å². The molecule has 0 aliphatic rings. The van der Waals surface area contributed by atoms with Crippen molar-refractivity contribution in [2.75, 3.05) is 6.61 Å². The molecule has 0 bridgehead atoms. The predicted octanol–water partition coefficient (Wildman–Crippen LogP) is -3.14. The van der Waals surface area contributed by atoms with E-state index in [-0.39, 0.29) is 6.29 Å². The number of carbonyl (C=O) groups excluding carboxylic acids is 1. The molecule has 0 aliphatic heterocycles. The third-order valence-corrected chi connectivity index (χ3v) is 4.00. The maximum atomic E-state index is 11.0. The third kappa shape index (κ3) is 7.53. The van der Waals surface area contributed by atoms with Crippen LogP contribution < -0.4 is 0 Å². The summed E-state index contributed by atoms with van der Waals surface area (Å²) >= 11 is 0. The first-order chi connectivity index (χ1) is 8.89. The fourth-order valence-electron chi connectivity index (χ4n) is 0.937. The Morgan fingerprint density at radius 2 is 1.50 bits per heavy atom. The summed E-state index contributed by atoms with van der Waals surface area (Å²) in [6, 6.07) is 0. The summed E-state index contributed by atoms with van der Waals surface area (Å²) < 4.78 is 28.6. The number of hydrogen-bond acceptors (Lipinski definition) is 9. The van der Waals surface area contributed by atoms with Crippen LogP contribution in [-0.2, 0) is 22.8 Å². The van der Waals surface area contributed by atoms with Crippen LogP contribution in [0.2, 0.25) is 0 Å². The average Bonchev–Trinajstić information content (AvgIpc) is 2.30. The second-order valence-electron chi connectivity index (χ2n) is 3.51. The summed E-state index contributed by atoms with van der Waals surface area (Å²) in [6.45, 7) is -1.18. The van der Waals surface area contributed by atoms with Crippen molar-refractivity contribution in [1.29, 1.82) is 0 Å². The molecular formula is C6H14O12P2. The van der Waals surface area contributed by atoms with Gasteiger partial charge in [0.15, 0.2) is 6.29 Å². The molecule has 120 valence electrons. The van der Waals surface area contributed by atoms with Gasteiger partial charge in [0.1, 0.15) is 24.4 Å². The Morgan fingerprint density at radius 1 is 1.00 bits per heavy atom. The molecule has 0 amide bonds. The van der Waals surface area contributed by atoms with E-state index in [1.54, 1.807) is 0 Å². The highest BCUT2D eigenvalue weighted by Crippen LogP contribution is 2.57. The largest absolute Gasteiger partial charge is 0.481 e. The van der Waals surface area contributed by atoms with Gasteiger partial charge in [0.2, 0.25) is 0 Å². The average molecular weight is 340 g/mol. The first kappa shape index (κ1) is 19.8. The minimum atomic E-state index is -5.33. The Hall–Kier alpha value is -0.230. The second kappa shape index (κ2) is 7.69. The summed E-state index contributed by atoms with van der Waals surface area (Å²) in [5.41, 5.74) is 0. The zero-order valence-corrected chi connectivity index (χ0v) is 11.4. The number of aliphatic hydroxyl groups excluding tert-OH is 4. The first-order valence-electron chi connectivity index (χ1n) is 4.81. The van der Waals surface area contributed by atoms with Gasteiger partial charge in [-0.1, -0.05) is 0 Å². The van der Waals surface area contributed by atoms with E-state index in [9.17, 15) is 24.1 Å². The van der Waals surface area contributed by atoms with Crippen LogP contribution >= 0.6 is 15.6 Å². The molecule has 0 spiro atoms. The van der Waals surface area contributed by atoms with Crippen LogP contribution in [0.1, 0.15) is 0 Å². The van der Waals surface area contributed by atoms with Gasteiger partial charge in [0.25, 0.3) is 0 Å². The molecule has 0 aromatic carbocycles. The molecule has 20 heavy (non-hydrogen) atoms. The third-order valence-electron chi connectivity index (χ3n) is 1.85. The number of hydrogen-bond donors (Lipinski definition) is 7. The van der Waals surface area contributed by atoms with Gasteiger partial charge in [-0.15, -0.1) is 0 Å². The number of aliphatic hydroxyl groups is 4. The lowest BCUT2D eigenvalue weighted by atomic mass is 10.0. The van der Waals surface area contributed by atoms with Crippen molar-refractivity contribution >= 4 is 21.9 Å². The van der Waals surface area contributed by atoms with E-state index in [0.29, 0.717) is 0 Å². The maximum absolute atomic E-state index is 11.0. The Kier molecular flexibility index (Phi) is 7.60. The van der Waals surface area contributed by atoms with Gasteiger partial charge >= 0.3 is 15.6 Å². The normalized spacial score (nSPS) is 21.6. The number of phosphoric acid groups is 2. The lowest BCUT2D eigenvalue weighted by Crippen LogP contribution is -2.46. The maximum Gasteiger partial charge on any atom is 0.481 e. The van der Waals surface area contributed by atoms with Crippen LogP contribution in [-0.4, -0.2) is 72.4 Å². The summed E-state index contributed by atoms with van der Waals surface area (Å²) in [7, 11) is -10.5. The van der Waals surface area contributed by atoms with E-state index in [1.165, 1.54) is 0 Å². The van der Waals surface area contributed by atoms with Crippen molar-refractivity contribution in [3.8, 4) is 0 Å². The highest BCUT2D eigenvalue weighted by atomic mass is 31.3. The van der Waals surface area contributed by atoms with Gasteiger partial charge < -0.3 is 39.9 Å². The molecule has 12 nitrogen and oxygen atoms in total. The topological polar surface area (TPSA) is 211 Å². The lowest BCUT2D eigenvalue weighted by Gasteiger charge is -2.24. The molecular weight excluding hydrogens is 326 g/mol. The SMILES string of the molecule is O=C[C@H](O)[C@@H](O)[C@@H](O)[C@H](O)COP(=O)(O)OP(=O)(O)O. The molecule has 0 saturated heterocycles. The van der Waals surface area contributed by atoms with Crippen LogP contribution in [0.25, 0.3) is 0 Å². The Labute approximate surface area is 112 Å². The molecule has 0 aliphatic carbocycles. The fourth-order valence-corrected chi connectivity index (χ4v) is 2.54. The van der Waals surface area contributed by atoms with Crippen LogP contribution in [0.3, 0.4) is 0 Å². The van der Waals surface area contributed by atoms with E-state index in [0.717, 1.165) is 0 Å². The molecule has 5 atom stereocenters. The minimum absolute atomic E-state index is 0.130. The second-order valence-corrected chi connectivity index (χ2v) is 6.34.